The van der Waals surface area contributed by atoms with Crippen LogP contribution in [-0.4, -0.2) is 18.7 Å². The molecule has 0 fully saturated rings. The molecule has 2 heteroatoms. The quantitative estimate of drug-likeness (QED) is 0.717. The number of hydrogen-bond acceptors (Lipinski definition) is 2. The Morgan fingerprint density at radius 2 is 1.79 bits per heavy atom. The first-order chi connectivity index (χ1) is 9.03. The van der Waals surface area contributed by atoms with Crippen molar-refractivity contribution in [3.05, 3.63) is 35.4 Å². The van der Waals surface area contributed by atoms with Crippen LogP contribution in [0.3, 0.4) is 0 Å². The van der Waals surface area contributed by atoms with E-state index in [9.17, 15) is 0 Å². The van der Waals surface area contributed by atoms with Gasteiger partial charge in [0.1, 0.15) is 0 Å². The van der Waals surface area contributed by atoms with E-state index in [0.29, 0.717) is 0 Å². The van der Waals surface area contributed by atoms with Crippen LogP contribution >= 0.6 is 0 Å². The first-order valence-corrected chi connectivity index (χ1v) is 7.42. The molecule has 1 N–H and O–H groups in total. The van der Waals surface area contributed by atoms with Gasteiger partial charge in [-0.1, -0.05) is 37.6 Å². The molecule has 0 aliphatic carbocycles. The topological polar surface area (TPSA) is 21.3 Å². The number of hydrogen-bond donors (Lipinski definition) is 1. The summed E-state index contributed by atoms with van der Waals surface area (Å²) in [6.07, 6.45) is 3.40. The lowest BCUT2D eigenvalue weighted by atomic mass is 10.0. The van der Waals surface area contributed by atoms with Gasteiger partial charge < -0.3 is 10.1 Å². The molecule has 108 valence electrons. The minimum atomic E-state index is 0.187. The molecule has 0 saturated carbocycles. The van der Waals surface area contributed by atoms with Gasteiger partial charge in [0.15, 0.2) is 0 Å². The zero-order valence-electron chi connectivity index (χ0n) is 13.0. The van der Waals surface area contributed by atoms with Crippen LogP contribution in [0, 0.1) is 0 Å². The summed E-state index contributed by atoms with van der Waals surface area (Å²) in [6.45, 7) is 11.4. The molecule has 0 aliphatic heterocycles. The molecule has 0 amide bonds. The summed E-state index contributed by atoms with van der Waals surface area (Å²) in [4.78, 5) is 0. The Labute approximate surface area is 118 Å². The molecule has 0 aromatic heterocycles. The van der Waals surface area contributed by atoms with Gasteiger partial charge in [0.2, 0.25) is 0 Å². The van der Waals surface area contributed by atoms with Crippen LogP contribution in [0.2, 0.25) is 0 Å². The van der Waals surface area contributed by atoms with Gasteiger partial charge in [-0.15, -0.1) is 0 Å². The Morgan fingerprint density at radius 3 is 2.42 bits per heavy atom. The van der Waals surface area contributed by atoms with Crippen molar-refractivity contribution in [2.24, 2.45) is 0 Å². The van der Waals surface area contributed by atoms with E-state index in [-0.39, 0.29) is 5.54 Å². The number of benzene rings is 1. The van der Waals surface area contributed by atoms with Crippen LogP contribution in [0.15, 0.2) is 24.3 Å². The number of ether oxygens (including phenoxy) is 1. The Balaban J connectivity index is 2.44. The molecular formula is C17H29NO. The van der Waals surface area contributed by atoms with E-state index in [1.54, 1.807) is 0 Å². The SMILES string of the molecule is CCCCOCc1ccccc1CCNC(C)(C)C. The van der Waals surface area contributed by atoms with Gasteiger partial charge in [-0.05, 0) is 51.3 Å². The highest BCUT2D eigenvalue weighted by atomic mass is 16.5. The minimum Gasteiger partial charge on any atom is -0.377 e. The third kappa shape index (κ3) is 7.34. The van der Waals surface area contributed by atoms with Crippen molar-refractivity contribution in [2.75, 3.05) is 13.2 Å². The number of nitrogens with one attached hydrogen (secondary N) is 1. The van der Waals surface area contributed by atoms with Crippen LogP contribution in [0.1, 0.15) is 51.7 Å². The molecule has 0 atom stereocenters. The van der Waals surface area contributed by atoms with Gasteiger partial charge in [0.05, 0.1) is 6.61 Å². The standard InChI is InChI=1S/C17H29NO/c1-5-6-13-19-14-16-10-8-7-9-15(16)11-12-18-17(2,3)4/h7-10,18H,5-6,11-14H2,1-4H3. The molecule has 1 aromatic rings. The Kier molecular flexibility index (Phi) is 7.11. The van der Waals surface area contributed by atoms with Crippen molar-refractivity contribution in [1.29, 1.82) is 0 Å². The lowest BCUT2D eigenvalue weighted by molar-refractivity contribution is 0.117. The molecule has 2 nitrogen and oxygen atoms in total. The van der Waals surface area contributed by atoms with Gasteiger partial charge in [0, 0.05) is 12.1 Å². The number of unbranched alkanes of at least 4 members (excludes halogenated alkanes) is 1. The van der Waals surface area contributed by atoms with Gasteiger partial charge in [-0.25, -0.2) is 0 Å². The molecule has 0 unspecified atom stereocenters. The van der Waals surface area contributed by atoms with E-state index in [4.69, 9.17) is 4.74 Å². The van der Waals surface area contributed by atoms with E-state index in [1.165, 1.54) is 17.5 Å². The second-order valence-corrected chi connectivity index (χ2v) is 6.10. The highest BCUT2D eigenvalue weighted by Crippen LogP contribution is 2.11. The second-order valence-electron chi connectivity index (χ2n) is 6.10. The molecule has 0 spiro atoms. The highest BCUT2D eigenvalue weighted by molar-refractivity contribution is 5.26. The van der Waals surface area contributed by atoms with Gasteiger partial charge in [-0.2, -0.15) is 0 Å². The summed E-state index contributed by atoms with van der Waals surface area (Å²) >= 11 is 0. The molecule has 0 heterocycles. The fourth-order valence-corrected chi connectivity index (χ4v) is 1.94. The second kappa shape index (κ2) is 8.34. The van der Waals surface area contributed by atoms with Crippen molar-refractivity contribution < 1.29 is 4.74 Å². The fourth-order valence-electron chi connectivity index (χ4n) is 1.94. The van der Waals surface area contributed by atoms with Crippen LogP contribution in [0.5, 0.6) is 0 Å². The van der Waals surface area contributed by atoms with Crippen LogP contribution < -0.4 is 5.32 Å². The third-order valence-electron chi connectivity index (χ3n) is 3.07. The smallest absolute Gasteiger partial charge is 0.0719 e. The molecular weight excluding hydrogens is 234 g/mol. The summed E-state index contributed by atoms with van der Waals surface area (Å²) in [5.74, 6) is 0. The largest absolute Gasteiger partial charge is 0.377 e. The Bertz CT molecular complexity index is 355. The average molecular weight is 263 g/mol. The molecule has 0 radical (unpaired) electrons. The van der Waals surface area contributed by atoms with Crippen molar-refractivity contribution >= 4 is 0 Å². The average Bonchev–Trinajstić information content (AvgIpc) is 2.35. The predicted octanol–water partition coefficient (Wildman–Crippen LogP) is 3.93. The van der Waals surface area contributed by atoms with Crippen LogP contribution in [0.4, 0.5) is 0 Å². The summed E-state index contributed by atoms with van der Waals surface area (Å²) in [5, 5.41) is 3.53. The lowest BCUT2D eigenvalue weighted by Gasteiger charge is -2.21. The molecule has 0 aliphatic rings. The summed E-state index contributed by atoms with van der Waals surface area (Å²) in [7, 11) is 0. The van der Waals surface area contributed by atoms with E-state index >= 15 is 0 Å². The minimum absolute atomic E-state index is 0.187. The van der Waals surface area contributed by atoms with Crippen LogP contribution in [-0.2, 0) is 17.8 Å². The lowest BCUT2D eigenvalue weighted by Crippen LogP contribution is -2.37. The van der Waals surface area contributed by atoms with E-state index in [1.807, 2.05) is 0 Å². The predicted molar refractivity (Wildman–Crippen MR) is 82.5 cm³/mol. The molecule has 1 aromatic carbocycles. The molecule has 1 rings (SSSR count). The maximum atomic E-state index is 5.73. The monoisotopic (exact) mass is 263 g/mol. The Hall–Kier alpha value is -0.860. The Morgan fingerprint density at radius 1 is 1.11 bits per heavy atom. The molecule has 19 heavy (non-hydrogen) atoms. The van der Waals surface area contributed by atoms with E-state index in [0.717, 1.165) is 32.6 Å². The maximum absolute atomic E-state index is 5.73. The zero-order chi connectivity index (χ0) is 14.1. The summed E-state index contributed by atoms with van der Waals surface area (Å²) in [6, 6.07) is 8.60. The van der Waals surface area contributed by atoms with Gasteiger partial charge >= 0.3 is 0 Å². The van der Waals surface area contributed by atoms with Gasteiger partial charge in [0.25, 0.3) is 0 Å². The molecule has 0 saturated heterocycles. The maximum Gasteiger partial charge on any atom is 0.0719 e. The first kappa shape index (κ1) is 16.2. The van der Waals surface area contributed by atoms with Gasteiger partial charge in [-0.3, -0.25) is 0 Å². The normalized spacial score (nSPS) is 11.8. The first-order valence-electron chi connectivity index (χ1n) is 7.42. The van der Waals surface area contributed by atoms with Crippen molar-refractivity contribution in [2.45, 2.75) is 59.1 Å². The zero-order valence-corrected chi connectivity index (χ0v) is 13.0. The highest BCUT2D eigenvalue weighted by Gasteiger charge is 2.08. The molecule has 0 bridgehead atoms. The third-order valence-corrected chi connectivity index (χ3v) is 3.07. The summed E-state index contributed by atoms with van der Waals surface area (Å²) in [5.41, 5.74) is 2.91. The number of rotatable bonds is 8. The van der Waals surface area contributed by atoms with E-state index < -0.39 is 0 Å². The van der Waals surface area contributed by atoms with Crippen molar-refractivity contribution in [3.8, 4) is 0 Å². The van der Waals surface area contributed by atoms with Crippen molar-refractivity contribution in [3.63, 3.8) is 0 Å². The fraction of sp³-hybridized carbons (Fsp3) is 0.647. The van der Waals surface area contributed by atoms with E-state index in [2.05, 4.69) is 57.3 Å². The van der Waals surface area contributed by atoms with Crippen molar-refractivity contribution in [1.82, 2.24) is 5.32 Å². The van der Waals surface area contributed by atoms with Crippen LogP contribution in [0.25, 0.3) is 0 Å². The summed E-state index contributed by atoms with van der Waals surface area (Å²) < 4.78 is 5.73.